The number of nitrogen functional groups attached to an aromatic ring is 1. The topological polar surface area (TPSA) is 75.9 Å². The lowest BCUT2D eigenvalue weighted by Crippen LogP contribution is -2.49. The maximum Gasteiger partial charge on any atom is 0.428 e. The highest BCUT2D eigenvalue weighted by atomic mass is 79.9. The van der Waals surface area contributed by atoms with E-state index in [1.165, 1.54) is 17.1 Å². The van der Waals surface area contributed by atoms with Gasteiger partial charge >= 0.3 is 6.09 Å². The van der Waals surface area contributed by atoms with E-state index in [1.807, 2.05) is 0 Å². The minimum Gasteiger partial charge on any atom is -0.452 e. The Morgan fingerprint density at radius 2 is 1.76 bits per heavy atom. The number of carbonyl (C=O) groups excluding carboxylic acids is 2. The number of methoxy groups -OCH3 is 1. The van der Waals surface area contributed by atoms with E-state index in [4.69, 9.17) is 10.5 Å². The molecule has 0 spiro atoms. The van der Waals surface area contributed by atoms with Crippen molar-refractivity contribution in [2.75, 3.05) is 25.9 Å². The zero-order valence-electron chi connectivity index (χ0n) is 12.0. The van der Waals surface area contributed by atoms with Gasteiger partial charge in [-0.2, -0.15) is 0 Å². The summed E-state index contributed by atoms with van der Waals surface area (Å²) < 4.78 is 6.01. The van der Waals surface area contributed by atoms with Crippen molar-refractivity contribution in [1.82, 2.24) is 10.0 Å². The predicted octanol–water partition coefficient (Wildman–Crippen LogP) is 3.26. The van der Waals surface area contributed by atoms with E-state index in [0.717, 1.165) is 0 Å². The van der Waals surface area contributed by atoms with E-state index in [-0.39, 0.29) is 5.91 Å². The third-order valence-electron chi connectivity index (χ3n) is 2.84. The van der Waals surface area contributed by atoms with Crippen LogP contribution in [0.2, 0.25) is 0 Å². The lowest BCUT2D eigenvalue weighted by atomic mass is 10.1. The van der Waals surface area contributed by atoms with Gasteiger partial charge in [0, 0.05) is 22.0 Å². The number of amides is 2. The Morgan fingerprint density at radius 1 is 1.19 bits per heavy atom. The van der Waals surface area contributed by atoms with Crippen LogP contribution in [0, 0.1) is 0 Å². The molecule has 0 aliphatic carbocycles. The number of benzene rings is 1. The van der Waals surface area contributed by atoms with Crippen molar-refractivity contribution in [3.63, 3.8) is 0 Å². The highest BCUT2D eigenvalue weighted by molar-refractivity contribution is 9.11. The Bertz CT molecular complexity index is 552. The van der Waals surface area contributed by atoms with Gasteiger partial charge in [0.1, 0.15) is 0 Å². The Labute approximate surface area is 140 Å². The van der Waals surface area contributed by atoms with Gasteiger partial charge in [0.05, 0.1) is 18.4 Å². The molecule has 116 valence electrons. The summed E-state index contributed by atoms with van der Waals surface area (Å²) in [5, 5.41) is 2.53. The van der Waals surface area contributed by atoms with Crippen molar-refractivity contribution in [2.24, 2.45) is 0 Å². The number of hydrazine groups is 1. The van der Waals surface area contributed by atoms with Gasteiger partial charge in [-0.3, -0.25) is 4.79 Å². The van der Waals surface area contributed by atoms with Crippen LogP contribution in [0.4, 0.5) is 10.5 Å². The normalized spacial score (nSPS) is 10.1. The number of hydrogen-bond acceptors (Lipinski definition) is 4. The van der Waals surface area contributed by atoms with Crippen LogP contribution in [0.1, 0.15) is 24.2 Å². The van der Waals surface area contributed by atoms with Crippen LogP contribution in [0.3, 0.4) is 0 Å². The molecule has 1 aromatic carbocycles. The third-order valence-corrected chi connectivity index (χ3v) is 3.95. The summed E-state index contributed by atoms with van der Waals surface area (Å²) in [5.74, 6) is -0.371. The molecule has 0 bridgehead atoms. The van der Waals surface area contributed by atoms with Gasteiger partial charge in [-0.1, -0.05) is 15.9 Å². The lowest BCUT2D eigenvalue weighted by Gasteiger charge is -2.32. The summed E-state index contributed by atoms with van der Waals surface area (Å²) in [5.41, 5.74) is 6.57. The van der Waals surface area contributed by atoms with E-state index in [2.05, 4.69) is 31.9 Å². The molecule has 1 rings (SSSR count). The molecule has 0 fully saturated rings. The molecule has 1 aromatic rings. The average Bonchev–Trinajstić information content (AvgIpc) is 2.46. The van der Waals surface area contributed by atoms with Crippen molar-refractivity contribution in [3.8, 4) is 0 Å². The highest BCUT2D eigenvalue weighted by Gasteiger charge is 2.27. The number of carbonyl (C=O) groups is 2. The van der Waals surface area contributed by atoms with Gasteiger partial charge in [-0.05, 0) is 41.9 Å². The van der Waals surface area contributed by atoms with Crippen LogP contribution >= 0.6 is 31.9 Å². The van der Waals surface area contributed by atoms with E-state index in [0.29, 0.717) is 33.3 Å². The van der Waals surface area contributed by atoms with Crippen LogP contribution in [-0.4, -0.2) is 42.2 Å². The second-order valence-electron chi connectivity index (χ2n) is 4.06. The first kappa shape index (κ1) is 17.8. The molecule has 6 nitrogen and oxygen atoms in total. The van der Waals surface area contributed by atoms with Gasteiger partial charge in [-0.15, -0.1) is 0 Å². The minimum absolute atomic E-state index is 0.306. The molecule has 2 amide bonds. The van der Waals surface area contributed by atoms with Gasteiger partial charge in [-0.25, -0.2) is 14.8 Å². The standard InChI is InChI=1S/C13H17Br2N3O3/c1-4-17(18(5-2)13(20)21-3)12(19)9-6-8(14)7-10(15)11(9)16/h6-7H,4-5,16H2,1-3H3. The Balaban J connectivity index is 3.23. The fourth-order valence-corrected chi connectivity index (χ4v) is 3.05. The van der Waals surface area contributed by atoms with Crippen LogP contribution in [-0.2, 0) is 4.74 Å². The molecule has 0 aliphatic heterocycles. The second-order valence-corrected chi connectivity index (χ2v) is 5.83. The summed E-state index contributed by atoms with van der Waals surface area (Å²) in [4.78, 5) is 24.4. The highest BCUT2D eigenvalue weighted by Crippen LogP contribution is 2.29. The van der Waals surface area contributed by atoms with Crippen LogP contribution < -0.4 is 5.73 Å². The van der Waals surface area contributed by atoms with Crippen molar-refractivity contribution in [1.29, 1.82) is 0 Å². The number of nitrogens with zero attached hydrogens (tertiary/aromatic N) is 2. The zero-order valence-corrected chi connectivity index (χ0v) is 15.2. The summed E-state index contributed by atoms with van der Waals surface area (Å²) in [6, 6.07) is 3.37. The predicted molar refractivity (Wildman–Crippen MR) is 87.7 cm³/mol. The first-order chi connectivity index (χ1) is 9.87. The van der Waals surface area contributed by atoms with Crippen LogP contribution in [0.5, 0.6) is 0 Å². The molecule has 0 atom stereocenters. The number of halogens is 2. The summed E-state index contributed by atoms with van der Waals surface area (Å²) in [6.07, 6.45) is -0.597. The average molecular weight is 423 g/mol. The van der Waals surface area contributed by atoms with E-state index >= 15 is 0 Å². The zero-order chi connectivity index (χ0) is 16.2. The van der Waals surface area contributed by atoms with Crippen molar-refractivity contribution in [3.05, 3.63) is 26.6 Å². The summed E-state index contributed by atoms with van der Waals surface area (Å²) >= 11 is 6.62. The fraction of sp³-hybridized carbons (Fsp3) is 0.385. The van der Waals surface area contributed by atoms with Crippen molar-refractivity contribution >= 4 is 49.5 Å². The molecule has 0 aliphatic rings. The SMILES string of the molecule is CCN(C(=O)OC)N(CC)C(=O)c1cc(Br)cc(Br)c1N. The smallest absolute Gasteiger partial charge is 0.428 e. The van der Waals surface area contributed by atoms with E-state index in [1.54, 1.807) is 26.0 Å². The molecule has 0 aromatic heterocycles. The van der Waals surface area contributed by atoms with Gasteiger partial charge in [0.15, 0.2) is 0 Å². The fourth-order valence-electron chi connectivity index (χ4n) is 1.83. The van der Waals surface area contributed by atoms with Gasteiger partial charge in [0.2, 0.25) is 0 Å². The molecular formula is C13H17Br2N3O3. The van der Waals surface area contributed by atoms with Crippen molar-refractivity contribution in [2.45, 2.75) is 13.8 Å². The number of hydrogen-bond donors (Lipinski definition) is 1. The monoisotopic (exact) mass is 421 g/mol. The molecule has 0 unspecified atom stereocenters. The quantitative estimate of drug-likeness (QED) is 0.599. The molecule has 2 N–H and O–H groups in total. The second kappa shape index (κ2) is 7.65. The molecule has 0 radical (unpaired) electrons. The first-order valence-electron chi connectivity index (χ1n) is 6.29. The largest absolute Gasteiger partial charge is 0.452 e. The lowest BCUT2D eigenvalue weighted by molar-refractivity contribution is -0.00165. The Kier molecular flexibility index (Phi) is 6.47. The van der Waals surface area contributed by atoms with Gasteiger partial charge < -0.3 is 10.5 Å². The molecule has 0 saturated heterocycles. The molecule has 8 heteroatoms. The number of rotatable bonds is 3. The number of nitrogens with two attached hydrogens (primary N) is 1. The van der Waals surface area contributed by atoms with Gasteiger partial charge in [0.25, 0.3) is 5.91 Å². The Morgan fingerprint density at radius 3 is 2.24 bits per heavy atom. The summed E-state index contributed by atoms with van der Waals surface area (Å²) in [6.45, 7) is 4.15. The van der Waals surface area contributed by atoms with E-state index in [9.17, 15) is 9.59 Å². The number of anilines is 1. The molecule has 21 heavy (non-hydrogen) atoms. The van der Waals surface area contributed by atoms with Crippen LogP contribution in [0.25, 0.3) is 0 Å². The number of ether oxygens (including phenoxy) is 1. The third kappa shape index (κ3) is 3.88. The maximum absolute atomic E-state index is 12.7. The Hall–Kier alpha value is -1.28. The maximum atomic E-state index is 12.7. The molecular weight excluding hydrogens is 406 g/mol. The molecule has 0 saturated carbocycles. The first-order valence-corrected chi connectivity index (χ1v) is 7.87. The van der Waals surface area contributed by atoms with Crippen LogP contribution in [0.15, 0.2) is 21.1 Å². The van der Waals surface area contributed by atoms with Crippen molar-refractivity contribution < 1.29 is 14.3 Å². The molecule has 0 heterocycles. The van der Waals surface area contributed by atoms with E-state index < -0.39 is 6.09 Å². The minimum atomic E-state index is -0.597. The summed E-state index contributed by atoms with van der Waals surface area (Å²) in [7, 11) is 1.27.